The summed E-state index contributed by atoms with van der Waals surface area (Å²) < 4.78 is 0. The molecular weight excluding hydrogens is 222 g/mol. The molecule has 0 atom stereocenters. The van der Waals surface area contributed by atoms with Crippen LogP contribution in [-0.4, -0.2) is 23.9 Å². The Morgan fingerprint density at radius 2 is 1.44 bits per heavy atom. The first-order chi connectivity index (χ1) is 8.76. The van der Waals surface area contributed by atoms with E-state index in [0.29, 0.717) is 0 Å². The van der Waals surface area contributed by atoms with Crippen molar-refractivity contribution >= 4 is 5.91 Å². The molecular formula is C16H31NO. The third kappa shape index (κ3) is 9.26. The van der Waals surface area contributed by atoms with Crippen molar-refractivity contribution in [2.45, 2.75) is 72.1 Å². The summed E-state index contributed by atoms with van der Waals surface area (Å²) in [6, 6.07) is 0. The predicted molar refractivity (Wildman–Crippen MR) is 79.7 cm³/mol. The zero-order valence-electron chi connectivity index (χ0n) is 12.6. The summed E-state index contributed by atoms with van der Waals surface area (Å²) in [5.41, 5.74) is 0. The Hall–Kier alpha value is -0.790. The molecule has 0 unspecified atom stereocenters. The number of hydrogen-bond acceptors (Lipinski definition) is 1. The van der Waals surface area contributed by atoms with Gasteiger partial charge in [-0.3, -0.25) is 4.79 Å². The summed E-state index contributed by atoms with van der Waals surface area (Å²) in [5.74, 6) is 0.156. The Morgan fingerprint density at radius 1 is 0.889 bits per heavy atom. The van der Waals surface area contributed by atoms with Crippen LogP contribution >= 0.6 is 0 Å². The van der Waals surface area contributed by atoms with Gasteiger partial charge in [0.1, 0.15) is 0 Å². The minimum Gasteiger partial charge on any atom is -0.340 e. The molecule has 1 amide bonds. The second kappa shape index (κ2) is 12.7. The van der Waals surface area contributed by atoms with Crippen LogP contribution in [0.2, 0.25) is 0 Å². The molecule has 0 heterocycles. The Morgan fingerprint density at radius 3 is 2.00 bits per heavy atom. The fourth-order valence-electron chi connectivity index (χ4n) is 2.04. The molecule has 2 heteroatoms. The second-order valence-corrected chi connectivity index (χ2v) is 4.82. The third-order valence-electron chi connectivity index (χ3n) is 3.31. The molecule has 0 aromatic carbocycles. The van der Waals surface area contributed by atoms with Gasteiger partial charge in [-0.05, 0) is 32.8 Å². The van der Waals surface area contributed by atoms with Crippen LogP contribution in [0.4, 0.5) is 0 Å². The quantitative estimate of drug-likeness (QED) is 0.391. The molecule has 0 N–H and O–H groups in total. The number of allylic oxidation sites excluding steroid dienone is 1. The van der Waals surface area contributed by atoms with E-state index in [9.17, 15) is 4.79 Å². The normalized spacial score (nSPS) is 11.1. The Labute approximate surface area is 113 Å². The Kier molecular flexibility index (Phi) is 12.1. The predicted octanol–water partition coefficient (Wildman–Crippen LogP) is 4.55. The summed E-state index contributed by atoms with van der Waals surface area (Å²) in [7, 11) is 0. The first kappa shape index (κ1) is 17.2. The fraction of sp³-hybridized carbons (Fsp3) is 0.812. The molecule has 0 fully saturated rings. The number of hydrogen-bond donors (Lipinski definition) is 0. The van der Waals surface area contributed by atoms with Crippen LogP contribution in [0.3, 0.4) is 0 Å². The first-order valence-corrected chi connectivity index (χ1v) is 7.71. The number of carbonyl (C=O) groups is 1. The van der Waals surface area contributed by atoms with Crippen molar-refractivity contribution in [3.05, 3.63) is 12.2 Å². The molecule has 106 valence electrons. The monoisotopic (exact) mass is 253 g/mol. The number of carbonyl (C=O) groups excluding carboxylic acids is 1. The third-order valence-corrected chi connectivity index (χ3v) is 3.31. The number of likely N-dealkylation sites (N-methyl/N-ethyl adjacent to an activating group) is 1. The van der Waals surface area contributed by atoms with Crippen molar-refractivity contribution in [2.24, 2.45) is 0 Å². The van der Waals surface area contributed by atoms with Gasteiger partial charge in [-0.15, -0.1) is 0 Å². The van der Waals surface area contributed by atoms with E-state index in [1.165, 1.54) is 44.9 Å². The van der Waals surface area contributed by atoms with Crippen molar-refractivity contribution in [1.82, 2.24) is 4.90 Å². The summed E-state index contributed by atoms with van der Waals surface area (Å²) in [4.78, 5) is 13.5. The van der Waals surface area contributed by atoms with Crippen LogP contribution in [0.25, 0.3) is 0 Å². The van der Waals surface area contributed by atoms with Gasteiger partial charge in [-0.1, -0.05) is 51.5 Å². The molecule has 0 aromatic rings. The maximum atomic E-state index is 11.7. The van der Waals surface area contributed by atoms with E-state index in [0.717, 1.165) is 19.5 Å². The van der Waals surface area contributed by atoms with Crippen molar-refractivity contribution < 1.29 is 4.79 Å². The summed E-state index contributed by atoms with van der Waals surface area (Å²) in [5, 5.41) is 0. The zero-order valence-corrected chi connectivity index (χ0v) is 12.6. The highest BCUT2D eigenvalue weighted by molar-refractivity contribution is 5.87. The van der Waals surface area contributed by atoms with Gasteiger partial charge >= 0.3 is 0 Å². The van der Waals surface area contributed by atoms with Gasteiger partial charge in [0.15, 0.2) is 0 Å². The minimum absolute atomic E-state index is 0.156. The van der Waals surface area contributed by atoms with Gasteiger partial charge in [0.25, 0.3) is 0 Å². The van der Waals surface area contributed by atoms with E-state index in [-0.39, 0.29) is 5.91 Å². The van der Waals surface area contributed by atoms with Crippen LogP contribution in [0.1, 0.15) is 72.1 Å². The van der Waals surface area contributed by atoms with Crippen molar-refractivity contribution in [2.75, 3.05) is 13.1 Å². The van der Waals surface area contributed by atoms with E-state index in [1.807, 2.05) is 24.8 Å². The lowest BCUT2D eigenvalue weighted by atomic mass is 10.1. The van der Waals surface area contributed by atoms with E-state index in [2.05, 4.69) is 6.92 Å². The molecule has 0 bridgehead atoms. The second-order valence-electron chi connectivity index (χ2n) is 4.82. The van der Waals surface area contributed by atoms with Crippen molar-refractivity contribution in [3.8, 4) is 0 Å². The first-order valence-electron chi connectivity index (χ1n) is 7.71. The topological polar surface area (TPSA) is 20.3 Å². The highest BCUT2D eigenvalue weighted by atomic mass is 16.2. The van der Waals surface area contributed by atoms with E-state index < -0.39 is 0 Å². The molecule has 18 heavy (non-hydrogen) atoms. The van der Waals surface area contributed by atoms with Gasteiger partial charge < -0.3 is 4.90 Å². The highest BCUT2D eigenvalue weighted by Gasteiger charge is 2.03. The molecule has 2 nitrogen and oxygen atoms in total. The standard InChI is InChI=1S/C16H31NO/c1-4-7-8-9-10-11-12-13-14-15-16(18)17(5-2)6-3/h14-15H,4-13H2,1-3H3. The molecule has 0 rings (SSSR count). The van der Waals surface area contributed by atoms with E-state index in [4.69, 9.17) is 0 Å². The molecule has 0 aliphatic heterocycles. The smallest absolute Gasteiger partial charge is 0.246 e. The average Bonchev–Trinajstić information content (AvgIpc) is 2.38. The molecule has 0 aromatic heterocycles. The Balaban J connectivity index is 3.45. The number of amides is 1. The molecule has 0 aliphatic carbocycles. The minimum atomic E-state index is 0.156. The van der Waals surface area contributed by atoms with Crippen LogP contribution < -0.4 is 0 Å². The lowest BCUT2D eigenvalue weighted by Gasteiger charge is -2.15. The average molecular weight is 253 g/mol. The Bertz CT molecular complexity index is 219. The van der Waals surface area contributed by atoms with Crippen molar-refractivity contribution in [3.63, 3.8) is 0 Å². The van der Waals surface area contributed by atoms with Crippen LogP contribution in [0.15, 0.2) is 12.2 Å². The number of nitrogens with zero attached hydrogens (tertiary/aromatic N) is 1. The fourth-order valence-corrected chi connectivity index (χ4v) is 2.04. The highest BCUT2D eigenvalue weighted by Crippen LogP contribution is 2.08. The van der Waals surface area contributed by atoms with Gasteiger partial charge in [0, 0.05) is 13.1 Å². The summed E-state index contributed by atoms with van der Waals surface area (Å²) in [6.45, 7) is 7.89. The largest absolute Gasteiger partial charge is 0.340 e. The molecule has 0 saturated heterocycles. The molecule has 0 saturated carbocycles. The summed E-state index contributed by atoms with van der Waals surface area (Å²) >= 11 is 0. The van der Waals surface area contributed by atoms with E-state index in [1.54, 1.807) is 6.08 Å². The van der Waals surface area contributed by atoms with Crippen LogP contribution in [-0.2, 0) is 4.79 Å². The SMILES string of the molecule is CCCCCCCCCC=CC(=O)N(CC)CC. The van der Waals surface area contributed by atoms with Gasteiger partial charge in [0.2, 0.25) is 5.91 Å². The zero-order chi connectivity index (χ0) is 13.6. The summed E-state index contributed by atoms with van der Waals surface area (Å²) in [6.07, 6.45) is 14.1. The number of unbranched alkanes of at least 4 members (excludes halogenated alkanes) is 7. The maximum Gasteiger partial charge on any atom is 0.246 e. The molecule has 0 radical (unpaired) electrons. The lowest BCUT2D eigenvalue weighted by Crippen LogP contribution is -2.28. The van der Waals surface area contributed by atoms with Crippen LogP contribution in [0.5, 0.6) is 0 Å². The maximum absolute atomic E-state index is 11.7. The van der Waals surface area contributed by atoms with E-state index >= 15 is 0 Å². The molecule has 0 spiro atoms. The molecule has 0 aliphatic rings. The number of rotatable bonds is 11. The van der Waals surface area contributed by atoms with Gasteiger partial charge in [-0.25, -0.2) is 0 Å². The van der Waals surface area contributed by atoms with Gasteiger partial charge in [0.05, 0.1) is 0 Å². The lowest BCUT2D eigenvalue weighted by molar-refractivity contribution is -0.125. The van der Waals surface area contributed by atoms with Crippen molar-refractivity contribution in [1.29, 1.82) is 0 Å². The van der Waals surface area contributed by atoms with Gasteiger partial charge in [-0.2, -0.15) is 0 Å². The van der Waals surface area contributed by atoms with Crippen LogP contribution in [0, 0.1) is 0 Å².